The number of thiazole rings is 1. The molecule has 4 aromatic rings. The van der Waals surface area contributed by atoms with Crippen LogP contribution in [0.15, 0.2) is 54.7 Å². The average molecular weight is 451 g/mol. The van der Waals surface area contributed by atoms with Crippen LogP contribution >= 0.6 is 22.9 Å². The number of para-hydroxylation sites is 1. The molecule has 0 unspecified atom stereocenters. The lowest BCUT2D eigenvalue weighted by atomic mass is 10.2. The van der Waals surface area contributed by atoms with Gasteiger partial charge in [-0.2, -0.15) is 18.3 Å². The highest BCUT2D eigenvalue weighted by molar-refractivity contribution is 7.18. The molecule has 4 rings (SSSR count). The van der Waals surface area contributed by atoms with Gasteiger partial charge in [0.05, 0.1) is 34.2 Å². The Morgan fingerprint density at radius 2 is 1.97 bits per heavy atom. The van der Waals surface area contributed by atoms with E-state index in [1.54, 1.807) is 6.07 Å². The van der Waals surface area contributed by atoms with Crippen molar-refractivity contribution in [1.82, 2.24) is 19.7 Å². The van der Waals surface area contributed by atoms with E-state index in [1.807, 2.05) is 24.3 Å². The molecule has 154 valence electrons. The van der Waals surface area contributed by atoms with Gasteiger partial charge in [0.25, 0.3) is 5.91 Å². The molecule has 0 saturated carbocycles. The molecule has 0 aliphatic heterocycles. The summed E-state index contributed by atoms with van der Waals surface area (Å²) >= 11 is 7.29. The van der Waals surface area contributed by atoms with Crippen LogP contribution in [0.25, 0.3) is 15.9 Å². The van der Waals surface area contributed by atoms with Gasteiger partial charge in [-0.1, -0.05) is 29.8 Å². The predicted molar refractivity (Wildman–Crippen MR) is 109 cm³/mol. The van der Waals surface area contributed by atoms with Crippen molar-refractivity contribution < 1.29 is 18.0 Å². The molecule has 0 fully saturated rings. The predicted octanol–water partition coefficient (Wildman–Crippen LogP) is 5.43. The van der Waals surface area contributed by atoms with Gasteiger partial charge in [0.2, 0.25) is 0 Å². The number of halogens is 4. The Bertz CT molecular complexity index is 1200. The number of rotatable bonds is 4. The Morgan fingerprint density at radius 1 is 1.20 bits per heavy atom. The Balaban J connectivity index is 1.67. The van der Waals surface area contributed by atoms with Crippen LogP contribution in [0.1, 0.15) is 21.1 Å². The number of carbonyl (C=O) groups is 1. The average Bonchev–Trinajstić information content (AvgIpc) is 3.31. The van der Waals surface area contributed by atoms with Gasteiger partial charge in [0.1, 0.15) is 5.01 Å². The molecule has 0 spiro atoms. The quantitative estimate of drug-likeness (QED) is 0.417. The second-order valence-electron chi connectivity index (χ2n) is 6.53. The van der Waals surface area contributed by atoms with Crippen LogP contribution in [0.2, 0.25) is 5.02 Å². The zero-order valence-corrected chi connectivity index (χ0v) is 17.1. The van der Waals surface area contributed by atoms with Gasteiger partial charge in [-0.05, 0) is 30.3 Å². The molecule has 0 saturated heterocycles. The fourth-order valence-electron chi connectivity index (χ4n) is 3.05. The minimum atomic E-state index is -4.79. The van der Waals surface area contributed by atoms with Crippen LogP contribution in [0.4, 0.5) is 13.2 Å². The number of carbonyl (C=O) groups excluding carboxylic acids is 1. The molecule has 1 amide bonds. The highest BCUT2D eigenvalue weighted by Crippen LogP contribution is 2.34. The smallest absolute Gasteiger partial charge is 0.335 e. The first-order chi connectivity index (χ1) is 14.2. The SMILES string of the molecule is CN(Cc1nc2ccccc2s1)C(=O)c1cnn(-c2cccc(Cl)c2)c1C(F)(F)F. The molecule has 2 aromatic heterocycles. The lowest BCUT2D eigenvalue weighted by Crippen LogP contribution is -2.28. The fourth-order valence-corrected chi connectivity index (χ4v) is 4.25. The van der Waals surface area contributed by atoms with E-state index in [0.717, 1.165) is 16.4 Å². The molecule has 30 heavy (non-hydrogen) atoms. The topological polar surface area (TPSA) is 51.0 Å². The molecule has 10 heteroatoms. The van der Waals surface area contributed by atoms with Gasteiger partial charge < -0.3 is 4.90 Å². The standard InChI is InChI=1S/C20H14ClF3N4OS/c1-27(11-17-26-15-7-2-3-8-16(15)30-17)19(29)14-10-25-28(18(14)20(22,23)24)13-6-4-5-12(21)9-13/h2-10H,11H2,1H3. The van der Waals surface area contributed by atoms with Crippen LogP contribution in [-0.4, -0.2) is 32.6 Å². The summed E-state index contributed by atoms with van der Waals surface area (Å²) in [6.07, 6.45) is -3.86. The number of benzene rings is 2. The number of amides is 1. The number of hydrogen-bond acceptors (Lipinski definition) is 4. The summed E-state index contributed by atoms with van der Waals surface area (Å²) in [5.41, 5.74) is -0.789. The van der Waals surface area contributed by atoms with Crippen molar-refractivity contribution in [3.05, 3.63) is 76.0 Å². The van der Waals surface area contributed by atoms with E-state index in [-0.39, 0.29) is 17.3 Å². The van der Waals surface area contributed by atoms with E-state index in [2.05, 4.69) is 10.1 Å². The van der Waals surface area contributed by atoms with Gasteiger partial charge in [-0.15, -0.1) is 11.3 Å². The second kappa shape index (κ2) is 7.73. The Kier molecular flexibility index (Phi) is 5.25. The van der Waals surface area contributed by atoms with Crippen molar-refractivity contribution in [1.29, 1.82) is 0 Å². The van der Waals surface area contributed by atoms with E-state index in [4.69, 9.17) is 11.6 Å². The second-order valence-corrected chi connectivity index (χ2v) is 8.08. The molecular formula is C20H14ClF3N4OS. The molecule has 2 heterocycles. The third kappa shape index (κ3) is 3.90. The highest BCUT2D eigenvalue weighted by atomic mass is 35.5. The van der Waals surface area contributed by atoms with E-state index in [0.29, 0.717) is 9.69 Å². The molecular weight excluding hydrogens is 437 g/mol. The zero-order chi connectivity index (χ0) is 21.5. The van der Waals surface area contributed by atoms with Crippen molar-refractivity contribution in [3.63, 3.8) is 0 Å². The lowest BCUT2D eigenvalue weighted by Gasteiger charge is -2.17. The lowest BCUT2D eigenvalue weighted by molar-refractivity contribution is -0.143. The van der Waals surface area contributed by atoms with Crippen LogP contribution < -0.4 is 0 Å². The first-order valence-electron chi connectivity index (χ1n) is 8.75. The van der Waals surface area contributed by atoms with Crippen molar-refractivity contribution >= 4 is 39.1 Å². The monoisotopic (exact) mass is 450 g/mol. The maximum absolute atomic E-state index is 13.8. The minimum Gasteiger partial charge on any atom is -0.335 e. The van der Waals surface area contributed by atoms with Gasteiger partial charge in [0, 0.05) is 12.1 Å². The summed E-state index contributed by atoms with van der Waals surface area (Å²) in [6, 6.07) is 13.3. The first-order valence-corrected chi connectivity index (χ1v) is 9.94. The summed E-state index contributed by atoms with van der Waals surface area (Å²) in [4.78, 5) is 18.5. The number of nitrogens with zero attached hydrogens (tertiary/aromatic N) is 4. The van der Waals surface area contributed by atoms with Crippen LogP contribution in [0.5, 0.6) is 0 Å². The summed E-state index contributed by atoms with van der Waals surface area (Å²) < 4.78 is 43.2. The summed E-state index contributed by atoms with van der Waals surface area (Å²) in [5, 5.41) is 4.71. The van der Waals surface area contributed by atoms with E-state index in [9.17, 15) is 18.0 Å². The number of alkyl halides is 3. The summed E-state index contributed by atoms with van der Waals surface area (Å²) in [6.45, 7) is 0.0812. The van der Waals surface area contributed by atoms with Gasteiger partial charge >= 0.3 is 6.18 Å². The van der Waals surface area contributed by atoms with Crippen molar-refractivity contribution in [2.45, 2.75) is 12.7 Å². The van der Waals surface area contributed by atoms with Gasteiger partial charge in [0.15, 0.2) is 5.69 Å². The Labute approximate surface area is 178 Å². The van der Waals surface area contributed by atoms with E-state index in [1.165, 1.54) is 41.5 Å². The van der Waals surface area contributed by atoms with Gasteiger partial charge in [-0.3, -0.25) is 4.79 Å². The number of aromatic nitrogens is 3. The van der Waals surface area contributed by atoms with Crippen molar-refractivity contribution in [2.24, 2.45) is 0 Å². The molecule has 0 N–H and O–H groups in total. The minimum absolute atomic E-state index is 0.0812. The normalized spacial score (nSPS) is 11.8. The number of fused-ring (bicyclic) bond motifs is 1. The maximum atomic E-state index is 13.8. The zero-order valence-electron chi connectivity index (χ0n) is 15.5. The largest absolute Gasteiger partial charge is 0.434 e. The van der Waals surface area contributed by atoms with Crippen LogP contribution in [-0.2, 0) is 12.7 Å². The fraction of sp³-hybridized carbons (Fsp3) is 0.150. The molecule has 0 aliphatic carbocycles. The highest BCUT2D eigenvalue weighted by Gasteiger charge is 2.41. The van der Waals surface area contributed by atoms with Crippen molar-refractivity contribution in [2.75, 3.05) is 7.05 Å². The van der Waals surface area contributed by atoms with E-state index >= 15 is 0 Å². The number of hydrogen-bond donors (Lipinski definition) is 0. The van der Waals surface area contributed by atoms with Gasteiger partial charge in [-0.25, -0.2) is 9.67 Å². The molecule has 0 aliphatic rings. The molecule has 0 radical (unpaired) electrons. The first kappa shape index (κ1) is 20.4. The molecule has 2 aromatic carbocycles. The van der Waals surface area contributed by atoms with Crippen LogP contribution in [0.3, 0.4) is 0 Å². The molecule has 5 nitrogen and oxygen atoms in total. The molecule has 0 atom stereocenters. The van der Waals surface area contributed by atoms with Crippen molar-refractivity contribution in [3.8, 4) is 5.69 Å². The Morgan fingerprint density at radius 3 is 2.67 bits per heavy atom. The third-order valence-corrected chi connectivity index (χ3v) is 5.63. The summed E-state index contributed by atoms with van der Waals surface area (Å²) in [7, 11) is 1.44. The van der Waals surface area contributed by atoms with Crippen LogP contribution in [0, 0.1) is 0 Å². The maximum Gasteiger partial charge on any atom is 0.434 e. The Hall–Kier alpha value is -2.91. The van der Waals surface area contributed by atoms with E-state index < -0.39 is 23.3 Å². The third-order valence-electron chi connectivity index (χ3n) is 4.38. The summed E-state index contributed by atoms with van der Waals surface area (Å²) in [5.74, 6) is -0.796. The molecule has 0 bridgehead atoms.